The molecule has 1 saturated heterocycles. The van der Waals surface area contributed by atoms with E-state index in [2.05, 4.69) is 16.0 Å². The van der Waals surface area contributed by atoms with Crippen LogP contribution >= 0.6 is 23.2 Å². The molecule has 0 radical (unpaired) electrons. The smallest absolute Gasteiger partial charge is 0.413 e. The zero-order valence-electron chi connectivity index (χ0n) is 24.3. The molecule has 0 aliphatic carbocycles. The van der Waals surface area contributed by atoms with Crippen LogP contribution in [-0.4, -0.2) is 37.2 Å². The Kier molecular flexibility index (Phi) is 8.19. The lowest BCUT2D eigenvalue weighted by Gasteiger charge is -2.37. The van der Waals surface area contributed by atoms with Crippen LogP contribution in [0.5, 0.6) is 5.75 Å². The summed E-state index contributed by atoms with van der Waals surface area (Å²) in [5, 5.41) is 9.27. The molecule has 2 aliphatic heterocycles. The van der Waals surface area contributed by atoms with E-state index >= 15 is 4.39 Å². The fourth-order valence-corrected chi connectivity index (χ4v) is 6.59. The van der Waals surface area contributed by atoms with Crippen molar-refractivity contribution in [2.45, 2.75) is 57.7 Å². The number of ketones is 1. The van der Waals surface area contributed by atoms with Gasteiger partial charge < -0.3 is 14.8 Å². The van der Waals surface area contributed by atoms with Crippen molar-refractivity contribution in [2.24, 2.45) is 5.41 Å². The number of rotatable bonds is 6. The van der Waals surface area contributed by atoms with Gasteiger partial charge in [-0.05, 0) is 66.3 Å². The fourth-order valence-electron chi connectivity index (χ4n) is 6.24. The second-order valence-electron chi connectivity index (χ2n) is 12.0. The van der Waals surface area contributed by atoms with Crippen LogP contribution in [0.4, 0.5) is 20.6 Å². The lowest BCUT2D eigenvalue weighted by Crippen LogP contribution is -2.49. The minimum atomic E-state index is -1.38. The zero-order valence-corrected chi connectivity index (χ0v) is 25.8. The number of methoxy groups -OCH3 is 1. The number of nitrogens with one attached hydrogen (secondary N) is 3. The van der Waals surface area contributed by atoms with Crippen molar-refractivity contribution in [3.8, 4) is 5.75 Å². The number of Topliss-reactive ketones (excluding diaryl/α,β-unsaturated/α-hetero) is 1. The normalized spacial score (nSPS) is 22.7. The lowest BCUT2D eigenvalue weighted by molar-refractivity contribution is -0.122. The van der Waals surface area contributed by atoms with Crippen molar-refractivity contribution in [3.05, 3.63) is 87.2 Å². The van der Waals surface area contributed by atoms with Crippen LogP contribution in [-0.2, 0) is 14.9 Å². The highest BCUT2D eigenvalue weighted by Gasteiger charge is 2.66. The number of fused-ring (bicyclic) bond motifs is 2. The molecule has 4 atom stereocenters. The molecule has 8 nitrogen and oxygen atoms in total. The van der Waals surface area contributed by atoms with Gasteiger partial charge in [0.15, 0.2) is 12.0 Å². The van der Waals surface area contributed by atoms with Crippen LogP contribution in [0.3, 0.4) is 0 Å². The first-order chi connectivity index (χ1) is 20.3. The largest absolute Gasteiger partial charge is 0.495 e. The van der Waals surface area contributed by atoms with Crippen molar-refractivity contribution in [2.75, 3.05) is 17.7 Å². The number of carbonyl (C=O) groups excluding carboxylic acids is 3. The number of hydrogen-bond donors (Lipinski definition) is 3. The molecule has 1 fully saturated rings. The number of halogens is 3. The number of anilines is 2. The first kappa shape index (κ1) is 30.8. The second kappa shape index (κ2) is 11.4. The molecule has 2 aliphatic rings. The molecule has 43 heavy (non-hydrogen) atoms. The molecule has 1 spiro atoms. The molecule has 5 rings (SSSR count). The van der Waals surface area contributed by atoms with Crippen LogP contribution < -0.4 is 20.7 Å². The summed E-state index contributed by atoms with van der Waals surface area (Å²) >= 11 is 12.5. The Labute approximate surface area is 259 Å². The summed E-state index contributed by atoms with van der Waals surface area (Å²) in [6, 6.07) is 13.7. The van der Waals surface area contributed by atoms with E-state index in [0.717, 1.165) is 0 Å². The highest BCUT2D eigenvalue weighted by atomic mass is 35.5. The Balaban J connectivity index is 1.62. The molecule has 0 saturated carbocycles. The van der Waals surface area contributed by atoms with E-state index in [0.29, 0.717) is 28.3 Å². The molecule has 11 heteroatoms. The fraction of sp³-hybridized carbons (Fsp3) is 0.344. The summed E-state index contributed by atoms with van der Waals surface area (Å²) in [6.45, 7) is 7.52. The maximum absolute atomic E-state index is 15.9. The van der Waals surface area contributed by atoms with Crippen molar-refractivity contribution in [3.63, 3.8) is 0 Å². The Morgan fingerprint density at radius 1 is 1.09 bits per heavy atom. The highest BCUT2D eigenvalue weighted by Crippen LogP contribution is 2.57. The van der Waals surface area contributed by atoms with E-state index in [4.69, 9.17) is 32.7 Å². The van der Waals surface area contributed by atoms with Gasteiger partial charge in [0.1, 0.15) is 17.0 Å². The Morgan fingerprint density at radius 2 is 1.84 bits per heavy atom. The van der Waals surface area contributed by atoms with Gasteiger partial charge in [0.05, 0.1) is 23.7 Å². The number of hydrogen-bond acceptors (Lipinski definition) is 6. The number of benzene rings is 3. The van der Waals surface area contributed by atoms with Crippen molar-refractivity contribution in [1.29, 1.82) is 0 Å². The highest BCUT2D eigenvalue weighted by molar-refractivity contribution is 6.31. The van der Waals surface area contributed by atoms with Crippen molar-refractivity contribution in [1.82, 2.24) is 5.32 Å². The molecule has 0 unspecified atom stereocenters. The van der Waals surface area contributed by atoms with Crippen LogP contribution in [0.25, 0.3) is 0 Å². The topological polar surface area (TPSA) is 106 Å². The summed E-state index contributed by atoms with van der Waals surface area (Å²) in [7, 11) is 1.41. The molecule has 3 N–H and O–H groups in total. The Morgan fingerprint density at radius 3 is 2.51 bits per heavy atom. The standard InChI is InChI=1S/C32H32Cl2FN3O5/c1-16(39)17-9-12-22(24(13-17)42-5)37-30(41)43-28-26(19-7-6-8-21(34)27(19)35)32(25(38-28)15-31(2,3)4)20-11-10-18(33)14-23(20)36-29(32)40/h6-14,25-26,28,38H,15H2,1-5H3,(H,36,40)(H,37,41)/t25-,26-,28+,32+/m0/s1. The summed E-state index contributed by atoms with van der Waals surface area (Å²) in [6.07, 6.45) is -1.56. The summed E-state index contributed by atoms with van der Waals surface area (Å²) in [5.41, 5.74) is 0.247. The minimum Gasteiger partial charge on any atom is -0.495 e. The summed E-state index contributed by atoms with van der Waals surface area (Å²) in [5.74, 6) is -2.01. The molecule has 0 aromatic heterocycles. The van der Waals surface area contributed by atoms with Crippen LogP contribution in [0.15, 0.2) is 54.6 Å². The van der Waals surface area contributed by atoms with E-state index in [1.807, 2.05) is 20.8 Å². The number of ether oxygens (including phenoxy) is 2. The lowest BCUT2D eigenvalue weighted by atomic mass is 9.63. The Bertz CT molecular complexity index is 1620. The van der Waals surface area contributed by atoms with E-state index in [1.165, 1.54) is 32.2 Å². The number of carbonyl (C=O) groups is 3. The van der Waals surface area contributed by atoms with Gasteiger partial charge in [0.25, 0.3) is 0 Å². The third-order valence-corrected chi connectivity index (χ3v) is 8.50. The van der Waals surface area contributed by atoms with Gasteiger partial charge >= 0.3 is 6.09 Å². The molecule has 0 bridgehead atoms. The first-order valence-corrected chi connectivity index (χ1v) is 14.5. The second-order valence-corrected chi connectivity index (χ2v) is 12.9. The molecule has 2 heterocycles. The molecule has 3 aromatic carbocycles. The van der Waals surface area contributed by atoms with Crippen LogP contribution in [0.1, 0.15) is 61.5 Å². The zero-order chi connectivity index (χ0) is 31.3. The summed E-state index contributed by atoms with van der Waals surface area (Å²) < 4.78 is 27.2. The van der Waals surface area contributed by atoms with Crippen LogP contribution in [0.2, 0.25) is 10.0 Å². The van der Waals surface area contributed by atoms with Gasteiger partial charge in [-0.1, -0.05) is 62.2 Å². The van der Waals surface area contributed by atoms with E-state index in [9.17, 15) is 14.4 Å². The predicted molar refractivity (Wildman–Crippen MR) is 164 cm³/mol. The molecule has 2 amide bonds. The quantitative estimate of drug-likeness (QED) is 0.248. The van der Waals surface area contributed by atoms with Gasteiger partial charge in [0.2, 0.25) is 5.91 Å². The molecular formula is C32H32Cl2FN3O5. The first-order valence-electron chi connectivity index (χ1n) is 13.7. The molecular weight excluding hydrogens is 596 g/mol. The SMILES string of the molecule is COc1cc(C(C)=O)ccc1NC(=O)O[C@H]1N[C@@H](CC(C)(C)C)[C@@]2(C(=O)Nc3cc(Cl)ccc32)[C@H]1c1cccc(Cl)c1F. The van der Waals surface area contributed by atoms with E-state index in [1.54, 1.807) is 36.4 Å². The van der Waals surface area contributed by atoms with Crippen molar-refractivity contribution >= 4 is 52.4 Å². The average molecular weight is 629 g/mol. The average Bonchev–Trinajstić information content (AvgIpc) is 3.38. The number of amides is 2. The van der Waals surface area contributed by atoms with Gasteiger partial charge in [-0.3, -0.25) is 20.2 Å². The maximum atomic E-state index is 15.9. The van der Waals surface area contributed by atoms with Gasteiger partial charge in [-0.2, -0.15) is 0 Å². The predicted octanol–water partition coefficient (Wildman–Crippen LogP) is 7.30. The third kappa shape index (κ3) is 5.57. The van der Waals surface area contributed by atoms with E-state index < -0.39 is 35.5 Å². The van der Waals surface area contributed by atoms with E-state index in [-0.39, 0.29) is 39.1 Å². The minimum absolute atomic E-state index is 0.121. The molecule has 3 aromatic rings. The van der Waals surface area contributed by atoms with Gasteiger partial charge in [-0.15, -0.1) is 0 Å². The van der Waals surface area contributed by atoms with Gasteiger partial charge in [0, 0.05) is 22.3 Å². The maximum Gasteiger partial charge on any atom is 0.413 e. The monoisotopic (exact) mass is 627 g/mol. The molecule has 226 valence electrons. The van der Waals surface area contributed by atoms with Gasteiger partial charge in [-0.25, -0.2) is 9.18 Å². The van der Waals surface area contributed by atoms with Crippen molar-refractivity contribution < 1.29 is 28.2 Å². The summed E-state index contributed by atoms with van der Waals surface area (Å²) in [4.78, 5) is 39.4. The third-order valence-electron chi connectivity index (χ3n) is 7.97. The van der Waals surface area contributed by atoms with Crippen LogP contribution in [0, 0.1) is 11.2 Å². The Hall–Kier alpha value is -3.66.